The molecule has 0 atom stereocenters. The van der Waals surface area contributed by atoms with E-state index in [-0.39, 0.29) is 12.6 Å². The van der Waals surface area contributed by atoms with Crippen molar-refractivity contribution < 1.29 is 9.32 Å². The molecular formula is C19H20N4O2. The van der Waals surface area contributed by atoms with Gasteiger partial charge in [0.05, 0.1) is 0 Å². The number of aryl methyl sites for hydroxylation is 2. The molecule has 6 nitrogen and oxygen atoms in total. The molecule has 0 aliphatic carbocycles. The Labute approximate surface area is 146 Å². The number of nitrogens with zero attached hydrogens (tertiary/aromatic N) is 3. The average molecular weight is 336 g/mol. The number of anilines is 1. The van der Waals surface area contributed by atoms with Crippen LogP contribution in [-0.2, 0) is 6.54 Å². The van der Waals surface area contributed by atoms with Crippen LogP contribution in [0, 0.1) is 13.8 Å². The first-order valence-corrected chi connectivity index (χ1v) is 7.99. The number of urea groups is 1. The molecule has 3 aromatic rings. The van der Waals surface area contributed by atoms with Crippen LogP contribution >= 0.6 is 0 Å². The molecule has 25 heavy (non-hydrogen) atoms. The zero-order valence-corrected chi connectivity index (χ0v) is 14.5. The largest absolute Gasteiger partial charge is 0.337 e. The summed E-state index contributed by atoms with van der Waals surface area (Å²) in [5, 5.41) is 6.82. The van der Waals surface area contributed by atoms with Crippen LogP contribution in [0.15, 0.2) is 53.1 Å². The summed E-state index contributed by atoms with van der Waals surface area (Å²) in [5.41, 5.74) is 3.90. The molecule has 3 rings (SSSR count). The van der Waals surface area contributed by atoms with Gasteiger partial charge in [-0.15, -0.1) is 0 Å². The number of hydrogen-bond donors (Lipinski definition) is 1. The van der Waals surface area contributed by atoms with Crippen molar-refractivity contribution in [3.05, 3.63) is 65.5 Å². The lowest BCUT2D eigenvalue weighted by atomic mass is 10.1. The van der Waals surface area contributed by atoms with E-state index in [0.717, 1.165) is 22.4 Å². The number of carbonyl (C=O) groups excluding carboxylic acids is 1. The molecule has 0 saturated carbocycles. The molecule has 0 aliphatic heterocycles. The maximum absolute atomic E-state index is 12.2. The van der Waals surface area contributed by atoms with Gasteiger partial charge in [-0.2, -0.15) is 4.98 Å². The second-order valence-electron chi connectivity index (χ2n) is 6.03. The van der Waals surface area contributed by atoms with E-state index in [1.165, 1.54) is 4.90 Å². The Morgan fingerprint density at radius 2 is 1.88 bits per heavy atom. The summed E-state index contributed by atoms with van der Waals surface area (Å²) in [5.74, 6) is 0.907. The fourth-order valence-electron chi connectivity index (χ4n) is 2.35. The van der Waals surface area contributed by atoms with Crippen molar-refractivity contribution in [3.63, 3.8) is 0 Å². The number of hydrogen-bond acceptors (Lipinski definition) is 4. The van der Waals surface area contributed by atoms with E-state index in [9.17, 15) is 4.79 Å². The van der Waals surface area contributed by atoms with Gasteiger partial charge in [0.2, 0.25) is 11.7 Å². The van der Waals surface area contributed by atoms with E-state index in [1.54, 1.807) is 7.05 Å². The first-order chi connectivity index (χ1) is 12.0. The SMILES string of the molecule is Cc1ccc(NC(=O)N(C)Cc2nc(-c3cccc(C)c3)no2)cc1. The molecular weight excluding hydrogens is 316 g/mol. The molecule has 2 aromatic carbocycles. The van der Waals surface area contributed by atoms with E-state index >= 15 is 0 Å². The summed E-state index contributed by atoms with van der Waals surface area (Å²) in [6.07, 6.45) is 0. The molecule has 128 valence electrons. The predicted octanol–water partition coefficient (Wildman–Crippen LogP) is 4.02. The minimum absolute atomic E-state index is 0.233. The number of nitrogens with one attached hydrogen (secondary N) is 1. The van der Waals surface area contributed by atoms with Gasteiger partial charge in [0.15, 0.2) is 0 Å². The van der Waals surface area contributed by atoms with Crippen LogP contribution in [0.25, 0.3) is 11.4 Å². The maximum Gasteiger partial charge on any atom is 0.322 e. The van der Waals surface area contributed by atoms with Gasteiger partial charge >= 0.3 is 6.03 Å². The van der Waals surface area contributed by atoms with Crippen molar-refractivity contribution >= 4 is 11.7 Å². The van der Waals surface area contributed by atoms with Gasteiger partial charge in [0.25, 0.3) is 0 Å². The predicted molar refractivity (Wildman–Crippen MR) is 96.1 cm³/mol. The fraction of sp³-hybridized carbons (Fsp3) is 0.211. The van der Waals surface area contributed by atoms with Crippen LogP contribution in [0.5, 0.6) is 0 Å². The van der Waals surface area contributed by atoms with Gasteiger partial charge in [-0.1, -0.05) is 46.6 Å². The molecule has 1 heterocycles. The zero-order chi connectivity index (χ0) is 17.8. The second kappa shape index (κ2) is 7.17. The van der Waals surface area contributed by atoms with Gasteiger partial charge in [-0.25, -0.2) is 4.79 Å². The second-order valence-corrected chi connectivity index (χ2v) is 6.03. The van der Waals surface area contributed by atoms with Crippen molar-refractivity contribution in [1.82, 2.24) is 15.0 Å². The molecule has 0 radical (unpaired) electrons. The lowest BCUT2D eigenvalue weighted by Gasteiger charge is -2.15. The minimum Gasteiger partial charge on any atom is -0.337 e. The Balaban J connectivity index is 1.64. The first kappa shape index (κ1) is 16.7. The molecule has 1 N–H and O–H groups in total. The van der Waals surface area contributed by atoms with Crippen molar-refractivity contribution in [3.8, 4) is 11.4 Å². The number of benzene rings is 2. The quantitative estimate of drug-likeness (QED) is 0.781. The first-order valence-electron chi connectivity index (χ1n) is 7.99. The van der Waals surface area contributed by atoms with Gasteiger partial charge < -0.3 is 14.7 Å². The summed E-state index contributed by atoms with van der Waals surface area (Å²) < 4.78 is 5.26. The monoisotopic (exact) mass is 336 g/mol. The van der Waals surface area contributed by atoms with Crippen LogP contribution in [0.1, 0.15) is 17.0 Å². The Hall–Kier alpha value is -3.15. The molecule has 0 saturated heterocycles. The lowest BCUT2D eigenvalue weighted by molar-refractivity contribution is 0.213. The van der Waals surface area contributed by atoms with Crippen molar-refractivity contribution in [2.24, 2.45) is 0 Å². The van der Waals surface area contributed by atoms with Gasteiger partial charge in [-0.05, 0) is 32.0 Å². The molecule has 0 aliphatic rings. The normalized spacial score (nSPS) is 10.5. The standard InChI is InChI=1S/C19H20N4O2/c1-13-7-9-16(10-8-13)20-19(24)23(3)12-17-21-18(22-25-17)15-6-4-5-14(2)11-15/h4-11H,12H2,1-3H3,(H,20,24). The minimum atomic E-state index is -0.237. The van der Waals surface area contributed by atoms with Crippen molar-refractivity contribution in [1.29, 1.82) is 0 Å². The Bertz CT molecular complexity index is 871. The van der Waals surface area contributed by atoms with Crippen molar-refractivity contribution in [2.75, 3.05) is 12.4 Å². The van der Waals surface area contributed by atoms with Crippen LogP contribution in [0.2, 0.25) is 0 Å². The molecule has 2 amide bonds. The van der Waals surface area contributed by atoms with E-state index in [1.807, 2.05) is 62.4 Å². The van der Waals surface area contributed by atoms with E-state index in [2.05, 4.69) is 15.5 Å². The summed E-state index contributed by atoms with van der Waals surface area (Å²) in [6, 6.07) is 15.3. The third-order valence-corrected chi connectivity index (χ3v) is 3.77. The van der Waals surface area contributed by atoms with E-state index < -0.39 is 0 Å². The fourth-order valence-corrected chi connectivity index (χ4v) is 2.35. The summed E-state index contributed by atoms with van der Waals surface area (Å²) in [7, 11) is 1.68. The van der Waals surface area contributed by atoms with Gasteiger partial charge in [0.1, 0.15) is 6.54 Å². The average Bonchev–Trinajstić information content (AvgIpc) is 3.05. The highest BCUT2D eigenvalue weighted by Crippen LogP contribution is 2.17. The number of rotatable bonds is 4. The van der Waals surface area contributed by atoms with Crippen LogP contribution in [-0.4, -0.2) is 28.1 Å². The number of amides is 2. The zero-order valence-electron chi connectivity index (χ0n) is 14.5. The Kier molecular flexibility index (Phi) is 4.79. The highest BCUT2D eigenvalue weighted by molar-refractivity contribution is 5.89. The molecule has 6 heteroatoms. The summed E-state index contributed by atoms with van der Waals surface area (Å²) in [6.45, 7) is 4.24. The van der Waals surface area contributed by atoms with Crippen LogP contribution < -0.4 is 5.32 Å². The smallest absolute Gasteiger partial charge is 0.322 e. The molecule has 0 spiro atoms. The Morgan fingerprint density at radius 1 is 1.12 bits per heavy atom. The Morgan fingerprint density at radius 3 is 2.60 bits per heavy atom. The van der Waals surface area contributed by atoms with E-state index in [4.69, 9.17) is 4.52 Å². The molecule has 1 aromatic heterocycles. The maximum atomic E-state index is 12.2. The molecule has 0 fully saturated rings. The molecule has 0 unspecified atom stereocenters. The highest BCUT2D eigenvalue weighted by Gasteiger charge is 2.15. The summed E-state index contributed by atoms with van der Waals surface area (Å²) in [4.78, 5) is 18.1. The van der Waals surface area contributed by atoms with Crippen LogP contribution in [0.4, 0.5) is 10.5 Å². The summed E-state index contributed by atoms with van der Waals surface area (Å²) >= 11 is 0. The van der Waals surface area contributed by atoms with Crippen LogP contribution in [0.3, 0.4) is 0 Å². The van der Waals surface area contributed by atoms with Crippen molar-refractivity contribution in [2.45, 2.75) is 20.4 Å². The topological polar surface area (TPSA) is 71.3 Å². The number of carbonyl (C=O) groups is 1. The third-order valence-electron chi connectivity index (χ3n) is 3.77. The van der Waals surface area contributed by atoms with Gasteiger partial charge in [-0.3, -0.25) is 0 Å². The lowest BCUT2D eigenvalue weighted by Crippen LogP contribution is -2.30. The third kappa shape index (κ3) is 4.23. The molecule has 0 bridgehead atoms. The number of aromatic nitrogens is 2. The van der Waals surface area contributed by atoms with E-state index in [0.29, 0.717) is 11.7 Å². The van der Waals surface area contributed by atoms with Gasteiger partial charge in [0, 0.05) is 18.3 Å². The highest BCUT2D eigenvalue weighted by atomic mass is 16.5.